The molecule has 2 rings (SSSR count). The maximum atomic E-state index is 12.5. The van der Waals surface area contributed by atoms with Gasteiger partial charge in [-0.1, -0.05) is 30.3 Å². The summed E-state index contributed by atoms with van der Waals surface area (Å²) in [7, 11) is 0. The van der Waals surface area contributed by atoms with Crippen molar-refractivity contribution in [1.82, 2.24) is 0 Å². The molecule has 0 unspecified atom stereocenters. The molecule has 0 radical (unpaired) electrons. The predicted molar refractivity (Wildman–Crippen MR) is 68.4 cm³/mol. The van der Waals surface area contributed by atoms with E-state index >= 15 is 0 Å². The summed E-state index contributed by atoms with van der Waals surface area (Å²) in [5.41, 5.74) is 0.537. The smallest absolute Gasteiger partial charge is 0.416 e. The lowest BCUT2D eigenvalue weighted by molar-refractivity contribution is -0.137. The maximum absolute atomic E-state index is 12.5. The zero-order valence-corrected chi connectivity index (χ0v) is 10.4. The molecule has 0 aromatic heterocycles. The summed E-state index contributed by atoms with van der Waals surface area (Å²) in [5, 5.41) is 0. The van der Waals surface area contributed by atoms with E-state index in [4.69, 9.17) is 4.74 Å². The molecule has 0 bridgehead atoms. The van der Waals surface area contributed by atoms with E-state index in [1.807, 2.05) is 0 Å². The summed E-state index contributed by atoms with van der Waals surface area (Å²) in [5.74, 6) is 0.458. The molecular formula is C15H11F3O2. The monoisotopic (exact) mass is 280 g/mol. The van der Waals surface area contributed by atoms with E-state index in [1.165, 1.54) is 12.1 Å². The van der Waals surface area contributed by atoms with Crippen molar-refractivity contribution in [1.29, 1.82) is 0 Å². The van der Waals surface area contributed by atoms with Gasteiger partial charge < -0.3 is 4.74 Å². The minimum atomic E-state index is -4.36. The fourth-order valence-corrected chi connectivity index (χ4v) is 1.79. The van der Waals surface area contributed by atoms with E-state index < -0.39 is 11.7 Å². The van der Waals surface area contributed by atoms with Gasteiger partial charge in [-0.2, -0.15) is 13.2 Å². The van der Waals surface area contributed by atoms with Crippen LogP contribution in [0, 0.1) is 0 Å². The number of hydrogen-bond donors (Lipinski definition) is 0. The standard InChI is InChI=1S/C15H11F3O2/c16-15(17,18)12-7-5-11(6-8-12)13-3-1-2-4-14(13)20-10-9-19/h1-9H,10H2. The van der Waals surface area contributed by atoms with Gasteiger partial charge in [0.25, 0.3) is 0 Å². The number of aldehydes is 1. The van der Waals surface area contributed by atoms with E-state index in [9.17, 15) is 18.0 Å². The molecule has 0 fully saturated rings. The van der Waals surface area contributed by atoms with Gasteiger partial charge in [-0.15, -0.1) is 0 Å². The van der Waals surface area contributed by atoms with Crippen LogP contribution in [0.3, 0.4) is 0 Å². The minimum absolute atomic E-state index is 0.0996. The van der Waals surface area contributed by atoms with Gasteiger partial charge in [0.15, 0.2) is 6.29 Å². The molecule has 2 nitrogen and oxygen atoms in total. The van der Waals surface area contributed by atoms with Gasteiger partial charge in [0, 0.05) is 5.56 Å². The molecule has 104 valence electrons. The number of alkyl halides is 3. The van der Waals surface area contributed by atoms with Gasteiger partial charge in [-0.3, -0.25) is 4.79 Å². The molecule has 5 heteroatoms. The maximum Gasteiger partial charge on any atom is 0.416 e. The highest BCUT2D eigenvalue weighted by molar-refractivity contribution is 5.71. The SMILES string of the molecule is O=CCOc1ccccc1-c1ccc(C(F)(F)F)cc1. The molecule has 2 aromatic rings. The third-order valence-electron chi connectivity index (χ3n) is 2.72. The zero-order chi connectivity index (χ0) is 14.6. The lowest BCUT2D eigenvalue weighted by Crippen LogP contribution is -2.04. The van der Waals surface area contributed by atoms with E-state index in [1.54, 1.807) is 24.3 Å². The Morgan fingerprint density at radius 3 is 2.25 bits per heavy atom. The van der Waals surface area contributed by atoms with Crippen LogP contribution in [0.4, 0.5) is 13.2 Å². The number of para-hydroxylation sites is 1. The van der Waals surface area contributed by atoms with Crippen molar-refractivity contribution in [2.24, 2.45) is 0 Å². The summed E-state index contributed by atoms with van der Waals surface area (Å²) >= 11 is 0. The van der Waals surface area contributed by atoms with Crippen molar-refractivity contribution in [3.63, 3.8) is 0 Å². The lowest BCUT2D eigenvalue weighted by Gasteiger charge is -2.11. The number of carbonyl (C=O) groups excluding carboxylic acids is 1. The number of rotatable bonds is 4. The highest BCUT2D eigenvalue weighted by atomic mass is 19.4. The molecule has 0 heterocycles. The zero-order valence-electron chi connectivity index (χ0n) is 10.4. The Hall–Kier alpha value is -2.30. The first kappa shape index (κ1) is 14.1. The van der Waals surface area contributed by atoms with Gasteiger partial charge in [0.1, 0.15) is 12.4 Å². The molecule has 0 aliphatic heterocycles. The molecule has 0 spiro atoms. The number of hydrogen-bond acceptors (Lipinski definition) is 2. The van der Waals surface area contributed by atoms with E-state index in [0.717, 1.165) is 12.1 Å². The van der Waals surface area contributed by atoms with E-state index in [2.05, 4.69) is 0 Å². The first-order chi connectivity index (χ1) is 9.52. The molecule has 0 N–H and O–H groups in total. The van der Waals surface area contributed by atoms with Crippen molar-refractivity contribution >= 4 is 6.29 Å². The average Bonchev–Trinajstić information content (AvgIpc) is 2.45. The minimum Gasteiger partial charge on any atom is -0.486 e. The summed E-state index contributed by atoms with van der Waals surface area (Å²) in [6, 6.07) is 11.7. The van der Waals surface area contributed by atoms with Crippen molar-refractivity contribution in [2.45, 2.75) is 6.18 Å². The van der Waals surface area contributed by atoms with Crippen LogP contribution in [0.15, 0.2) is 48.5 Å². The summed E-state index contributed by atoms with van der Waals surface area (Å²) in [4.78, 5) is 10.3. The Balaban J connectivity index is 2.34. The normalized spacial score (nSPS) is 11.2. The van der Waals surface area contributed by atoms with Crippen LogP contribution in [-0.4, -0.2) is 12.9 Å². The highest BCUT2D eigenvalue weighted by Crippen LogP contribution is 2.33. The fraction of sp³-hybridized carbons (Fsp3) is 0.133. The van der Waals surface area contributed by atoms with Gasteiger partial charge in [0.2, 0.25) is 0 Å². The number of ether oxygens (including phenoxy) is 1. The van der Waals surface area contributed by atoms with Gasteiger partial charge >= 0.3 is 6.18 Å². The van der Waals surface area contributed by atoms with Crippen LogP contribution in [0.2, 0.25) is 0 Å². The molecule has 0 saturated heterocycles. The Labute approximate surface area is 113 Å². The topological polar surface area (TPSA) is 26.3 Å². The number of halogens is 3. The predicted octanol–water partition coefficient (Wildman–Crippen LogP) is 3.95. The summed E-state index contributed by atoms with van der Waals surface area (Å²) in [6.07, 6.45) is -3.74. The second-order valence-corrected chi connectivity index (χ2v) is 4.05. The molecule has 0 amide bonds. The van der Waals surface area contributed by atoms with Crippen molar-refractivity contribution in [2.75, 3.05) is 6.61 Å². The Kier molecular flexibility index (Phi) is 4.08. The average molecular weight is 280 g/mol. The second-order valence-electron chi connectivity index (χ2n) is 4.05. The largest absolute Gasteiger partial charge is 0.486 e. The Bertz CT molecular complexity index is 589. The Morgan fingerprint density at radius 2 is 1.65 bits per heavy atom. The lowest BCUT2D eigenvalue weighted by atomic mass is 10.0. The molecule has 0 aliphatic rings. The van der Waals surface area contributed by atoms with E-state index in [-0.39, 0.29) is 6.61 Å². The first-order valence-electron chi connectivity index (χ1n) is 5.85. The summed E-state index contributed by atoms with van der Waals surface area (Å²) < 4.78 is 42.8. The summed E-state index contributed by atoms with van der Waals surface area (Å²) in [6.45, 7) is -0.0996. The third-order valence-corrected chi connectivity index (χ3v) is 2.72. The van der Waals surface area contributed by atoms with Crippen molar-refractivity contribution in [3.8, 4) is 16.9 Å². The Morgan fingerprint density at radius 1 is 1.00 bits per heavy atom. The second kappa shape index (κ2) is 5.77. The van der Waals surface area contributed by atoms with Crippen LogP contribution >= 0.6 is 0 Å². The van der Waals surface area contributed by atoms with Gasteiger partial charge in [0.05, 0.1) is 5.56 Å². The molecule has 2 aromatic carbocycles. The molecule has 0 aliphatic carbocycles. The van der Waals surface area contributed by atoms with E-state index in [0.29, 0.717) is 23.2 Å². The van der Waals surface area contributed by atoms with Crippen molar-refractivity contribution in [3.05, 3.63) is 54.1 Å². The van der Waals surface area contributed by atoms with Crippen LogP contribution < -0.4 is 4.74 Å². The highest BCUT2D eigenvalue weighted by Gasteiger charge is 2.30. The molecule has 0 saturated carbocycles. The third kappa shape index (κ3) is 3.17. The molecule has 0 atom stereocenters. The fourth-order valence-electron chi connectivity index (χ4n) is 1.79. The van der Waals surface area contributed by atoms with Crippen molar-refractivity contribution < 1.29 is 22.7 Å². The number of carbonyl (C=O) groups is 1. The van der Waals surface area contributed by atoms with Crippen LogP contribution in [0.5, 0.6) is 5.75 Å². The quantitative estimate of drug-likeness (QED) is 0.793. The van der Waals surface area contributed by atoms with Crippen LogP contribution in [0.25, 0.3) is 11.1 Å². The van der Waals surface area contributed by atoms with Crippen LogP contribution in [0.1, 0.15) is 5.56 Å². The van der Waals surface area contributed by atoms with Gasteiger partial charge in [-0.25, -0.2) is 0 Å². The van der Waals surface area contributed by atoms with Gasteiger partial charge in [-0.05, 0) is 23.8 Å². The molecule has 20 heavy (non-hydrogen) atoms. The number of benzene rings is 2. The first-order valence-corrected chi connectivity index (χ1v) is 5.85. The van der Waals surface area contributed by atoms with Crippen LogP contribution in [-0.2, 0) is 11.0 Å². The molecular weight excluding hydrogens is 269 g/mol.